The fourth-order valence-corrected chi connectivity index (χ4v) is 2.21. The molecule has 0 saturated heterocycles. The topological polar surface area (TPSA) is 92.5 Å². The normalized spacial score (nSPS) is 21.6. The SMILES string of the molecule is Cc1cc(C(=O)NCC2CC(O)C2)ccc1[N+](=O)[O-]. The van der Waals surface area contributed by atoms with Gasteiger partial charge in [0.25, 0.3) is 11.6 Å². The standard InChI is InChI=1S/C13H16N2O4/c1-8-4-10(2-3-12(8)15(18)19)13(17)14-7-9-5-11(16)6-9/h2-4,9,11,16H,5-7H2,1H3,(H,14,17). The molecule has 0 aromatic heterocycles. The van der Waals surface area contributed by atoms with Crippen LogP contribution in [0.5, 0.6) is 0 Å². The van der Waals surface area contributed by atoms with Crippen molar-refractivity contribution in [2.24, 2.45) is 5.92 Å². The molecular formula is C13H16N2O4. The third-order valence-electron chi connectivity index (χ3n) is 3.42. The maximum Gasteiger partial charge on any atom is 0.272 e. The summed E-state index contributed by atoms with van der Waals surface area (Å²) in [6, 6.07) is 4.32. The van der Waals surface area contributed by atoms with Gasteiger partial charge in [0.2, 0.25) is 0 Å². The van der Waals surface area contributed by atoms with Crippen molar-refractivity contribution in [3.8, 4) is 0 Å². The van der Waals surface area contributed by atoms with Gasteiger partial charge in [-0.25, -0.2) is 0 Å². The first kappa shape index (κ1) is 13.5. The first-order valence-corrected chi connectivity index (χ1v) is 6.18. The van der Waals surface area contributed by atoms with E-state index in [1.54, 1.807) is 6.92 Å². The van der Waals surface area contributed by atoms with Crippen LogP contribution in [0.25, 0.3) is 0 Å². The summed E-state index contributed by atoms with van der Waals surface area (Å²) in [5.41, 5.74) is 0.901. The lowest BCUT2D eigenvalue weighted by Gasteiger charge is -2.31. The van der Waals surface area contributed by atoms with Gasteiger partial charge in [-0.3, -0.25) is 14.9 Å². The fraction of sp³-hybridized carbons (Fsp3) is 0.462. The Morgan fingerprint density at radius 3 is 2.74 bits per heavy atom. The van der Waals surface area contributed by atoms with E-state index in [0.717, 1.165) is 12.8 Å². The maximum absolute atomic E-state index is 11.9. The molecule has 6 heteroatoms. The van der Waals surface area contributed by atoms with Gasteiger partial charge >= 0.3 is 0 Å². The molecule has 0 spiro atoms. The molecule has 6 nitrogen and oxygen atoms in total. The smallest absolute Gasteiger partial charge is 0.272 e. The molecule has 0 bridgehead atoms. The molecule has 2 rings (SSSR count). The first-order valence-electron chi connectivity index (χ1n) is 6.18. The van der Waals surface area contributed by atoms with Crippen molar-refractivity contribution >= 4 is 11.6 Å². The molecule has 1 saturated carbocycles. The molecule has 2 N–H and O–H groups in total. The molecule has 1 fully saturated rings. The lowest BCUT2D eigenvalue weighted by molar-refractivity contribution is -0.385. The zero-order valence-corrected chi connectivity index (χ0v) is 10.6. The minimum absolute atomic E-state index is 0.0127. The number of hydrogen-bond donors (Lipinski definition) is 2. The van der Waals surface area contributed by atoms with Crippen molar-refractivity contribution in [2.45, 2.75) is 25.9 Å². The lowest BCUT2D eigenvalue weighted by atomic mass is 9.82. The number of nitro benzene ring substituents is 1. The van der Waals surface area contributed by atoms with Crippen molar-refractivity contribution in [3.05, 3.63) is 39.4 Å². The van der Waals surface area contributed by atoms with Crippen LogP contribution in [0.4, 0.5) is 5.69 Å². The minimum Gasteiger partial charge on any atom is -0.393 e. The predicted octanol–water partition coefficient (Wildman–Crippen LogP) is 1.40. The number of rotatable bonds is 4. The third-order valence-corrected chi connectivity index (χ3v) is 3.42. The van der Waals surface area contributed by atoms with Crippen LogP contribution < -0.4 is 5.32 Å². The highest BCUT2D eigenvalue weighted by Crippen LogP contribution is 2.26. The van der Waals surface area contributed by atoms with Crippen molar-refractivity contribution in [2.75, 3.05) is 6.54 Å². The maximum atomic E-state index is 11.9. The van der Waals surface area contributed by atoms with E-state index in [9.17, 15) is 14.9 Å². The average Bonchev–Trinajstić information content (AvgIpc) is 2.32. The summed E-state index contributed by atoms with van der Waals surface area (Å²) < 4.78 is 0. The van der Waals surface area contributed by atoms with E-state index in [1.165, 1.54) is 18.2 Å². The van der Waals surface area contributed by atoms with Gasteiger partial charge in [-0.15, -0.1) is 0 Å². The Balaban J connectivity index is 1.95. The molecular weight excluding hydrogens is 248 g/mol. The number of benzene rings is 1. The second-order valence-electron chi connectivity index (χ2n) is 4.96. The first-order chi connectivity index (χ1) is 8.97. The number of aliphatic hydroxyl groups excluding tert-OH is 1. The molecule has 0 radical (unpaired) electrons. The number of aliphatic hydroxyl groups is 1. The molecule has 1 aromatic carbocycles. The number of aryl methyl sites for hydroxylation is 1. The van der Waals surface area contributed by atoms with Crippen LogP contribution in [0.2, 0.25) is 0 Å². The van der Waals surface area contributed by atoms with Crippen LogP contribution in [0, 0.1) is 23.0 Å². The van der Waals surface area contributed by atoms with Crippen LogP contribution in [0.3, 0.4) is 0 Å². The third kappa shape index (κ3) is 3.08. The largest absolute Gasteiger partial charge is 0.393 e. The summed E-state index contributed by atoms with van der Waals surface area (Å²) in [6.07, 6.45) is 1.21. The Morgan fingerprint density at radius 1 is 1.53 bits per heavy atom. The van der Waals surface area contributed by atoms with Gasteiger partial charge in [0.1, 0.15) is 0 Å². The molecule has 102 valence electrons. The van der Waals surface area contributed by atoms with E-state index in [0.29, 0.717) is 23.6 Å². The van der Waals surface area contributed by atoms with Gasteiger partial charge in [0, 0.05) is 23.7 Å². The molecule has 1 amide bonds. The minimum atomic E-state index is -0.466. The summed E-state index contributed by atoms with van der Waals surface area (Å²) in [5, 5.41) is 22.6. The van der Waals surface area contributed by atoms with E-state index < -0.39 is 4.92 Å². The van der Waals surface area contributed by atoms with Crippen LogP contribution in [0.15, 0.2) is 18.2 Å². The number of carbonyl (C=O) groups is 1. The Morgan fingerprint density at radius 2 is 2.21 bits per heavy atom. The van der Waals surface area contributed by atoms with E-state index in [1.807, 2.05) is 0 Å². The molecule has 1 aliphatic carbocycles. The summed E-state index contributed by atoms with van der Waals surface area (Å²) in [4.78, 5) is 22.1. The average molecular weight is 264 g/mol. The molecule has 19 heavy (non-hydrogen) atoms. The second-order valence-corrected chi connectivity index (χ2v) is 4.96. The molecule has 0 unspecified atom stereocenters. The van der Waals surface area contributed by atoms with E-state index in [4.69, 9.17) is 5.11 Å². The number of carbonyl (C=O) groups excluding carboxylic acids is 1. The number of nitrogens with zero attached hydrogens (tertiary/aromatic N) is 1. The van der Waals surface area contributed by atoms with Gasteiger partial charge in [-0.2, -0.15) is 0 Å². The number of hydrogen-bond acceptors (Lipinski definition) is 4. The van der Waals surface area contributed by atoms with E-state index in [2.05, 4.69) is 5.32 Å². The van der Waals surface area contributed by atoms with Crippen LogP contribution in [-0.2, 0) is 0 Å². The highest BCUT2D eigenvalue weighted by molar-refractivity contribution is 5.94. The second kappa shape index (κ2) is 5.36. The Kier molecular flexibility index (Phi) is 3.80. The monoisotopic (exact) mass is 264 g/mol. The van der Waals surface area contributed by atoms with Gasteiger partial charge in [0.15, 0.2) is 0 Å². The van der Waals surface area contributed by atoms with Crippen molar-refractivity contribution in [3.63, 3.8) is 0 Å². The summed E-state index contributed by atoms with van der Waals surface area (Å²) in [7, 11) is 0. The Hall–Kier alpha value is -1.95. The van der Waals surface area contributed by atoms with Crippen LogP contribution >= 0.6 is 0 Å². The number of nitrogens with one attached hydrogen (secondary N) is 1. The highest BCUT2D eigenvalue weighted by Gasteiger charge is 2.27. The van der Waals surface area contributed by atoms with Crippen LogP contribution in [0.1, 0.15) is 28.8 Å². The highest BCUT2D eigenvalue weighted by atomic mass is 16.6. The molecule has 0 heterocycles. The van der Waals surface area contributed by atoms with Crippen molar-refractivity contribution < 1.29 is 14.8 Å². The number of nitro groups is 1. The van der Waals surface area contributed by atoms with Crippen molar-refractivity contribution in [1.82, 2.24) is 5.32 Å². The van der Waals surface area contributed by atoms with Gasteiger partial charge in [-0.1, -0.05) is 0 Å². The van der Waals surface area contributed by atoms with Gasteiger partial charge in [0.05, 0.1) is 11.0 Å². The van der Waals surface area contributed by atoms with Crippen LogP contribution in [-0.4, -0.2) is 28.6 Å². The van der Waals surface area contributed by atoms with E-state index in [-0.39, 0.29) is 17.7 Å². The zero-order chi connectivity index (χ0) is 14.0. The molecule has 0 atom stereocenters. The summed E-state index contributed by atoms with van der Waals surface area (Å²) in [5.74, 6) is 0.0949. The molecule has 1 aromatic rings. The number of amides is 1. The van der Waals surface area contributed by atoms with Crippen molar-refractivity contribution in [1.29, 1.82) is 0 Å². The molecule has 0 aliphatic heterocycles. The Bertz CT molecular complexity index is 509. The van der Waals surface area contributed by atoms with Gasteiger partial charge < -0.3 is 10.4 Å². The fourth-order valence-electron chi connectivity index (χ4n) is 2.21. The van der Waals surface area contributed by atoms with E-state index >= 15 is 0 Å². The molecule has 1 aliphatic rings. The van der Waals surface area contributed by atoms with Gasteiger partial charge in [-0.05, 0) is 37.8 Å². The lowest BCUT2D eigenvalue weighted by Crippen LogP contribution is -2.38. The summed E-state index contributed by atoms with van der Waals surface area (Å²) >= 11 is 0. The quantitative estimate of drug-likeness (QED) is 0.635. The predicted molar refractivity (Wildman–Crippen MR) is 68.9 cm³/mol. The summed E-state index contributed by atoms with van der Waals surface area (Å²) in [6.45, 7) is 2.14. The zero-order valence-electron chi connectivity index (χ0n) is 10.6. The Labute approximate surface area is 110 Å².